The third-order valence-electron chi connectivity index (χ3n) is 2.90. The van der Waals surface area contributed by atoms with Crippen LogP contribution in [0.15, 0.2) is 64.9 Å². The molecule has 2 rings (SSSR count). The van der Waals surface area contributed by atoms with Crippen molar-refractivity contribution in [1.82, 2.24) is 10.4 Å². The molecule has 1 aromatic heterocycles. The molecular formula is C17H19N3OS. The molecule has 0 aliphatic heterocycles. The van der Waals surface area contributed by atoms with Gasteiger partial charge in [0.1, 0.15) is 0 Å². The van der Waals surface area contributed by atoms with E-state index in [0.29, 0.717) is 5.75 Å². The Bertz CT molecular complexity index is 614. The van der Waals surface area contributed by atoms with Crippen LogP contribution in [0.4, 0.5) is 0 Å². The zero-order chi connectivity index (χ0) is 15.6. The van der Waals surface area contributed by atoms with E-state index in [1.54, 1.807) is 6.20 Å². The summed E-state index contributed by atoms with van der Waals surface area (Å²) in [6.07, 6.45) is 3.52. The van der Waals surface area contributed by atoms with Crippen LogP contribution >= 0.6 is 11.8 Å². The van der Waals surface area contributed by atoms with Gasteiger partial charge >= 0.3 is 0 Å². The summed E-state index contributed by atoms with van der Waals surface area (Å²) in [4.78, 5) is 16.1. The number of aromatic nitrogens is 1. The molecule has 0 atom stereocenters. The predicted octanol–water partition coefficient (Wildman–Crippen LogP) is 3.49. The first-order chi connectivity index (χ1) is 10.8. The van der Waals surface area contributed by atoms with Gasteiger partial charge in [-0.3, -0.25) is 4.79 Å². The van der Waals surface area contributed by atoms with Gasteiger partial charge in [0, 0.05) is 6.20 Å². The van der Waals surface area contributed by atoms with E-state index < -0.39 is 0 Å². The Hall–Kier alpha value is -2.14. The van der Waals surface area contributed by atoms with Crippen LogP contribution in [0, 0.1) is 0 Å². The molecule has 1 amide bonds. The maximum atomic E-state index is 11.9. The maximum Gasteiger partial charge on any atom is 0.250 e. The summed E-state index contributed by atoms with van der Waals surface area (Å²) in [6.45, 7) is 2.09. The lowest BCUT2D eigenvalue weighted by Gasteiger charge is -2.06. The summed E-state index contributed by atoms with van der Waals surface area (Å²) in [5, 5.41) is 5.11. The van der Waals surface area contributed by atoms with Crippen LogP contribution in [0.3, 0.4) is 0 Å². The molecule has 0 aliphatic rings. The molecule has 0 saturated heterocycles. The first-order valence-corrected chi connectivity index (χ1v) is 8.23. The third-order valence-corrected chi connectivity index (χ3v) is 3.84. The topological polar surface area (TPSA) is 54.4 Å². The zero-order valence-electron chi connectivity index (χ0n) is 12.5. The van der Waals surface area contributed by atoms with Gasteiger partial charge in [-0.1, -0.05) is 61.5 Å². The molecule has 114 valence electrons. The van der Waals surface area contributed by atoms with Gasteiger partial charge in [-0.15, -0.1) is 0 Å². The third kappa shape index (κ3) is 5.33. The van der Waals surface area contributed by atoms with Crippen molar-refractivity contribution in [3.05, 3.63) is 60.3 Å². The first-order valence-electron chi connectivity index (χ1n) is 7.24. The molecule has 1 N–H and O–H groups in total. The molecule has 22 heavy (non-hydrogen) atoms. The van der Waals surface area contributed by atoms with E-state index in [2.05, 4.69) is 22.4 Å². The Morgan fingerprint density at radius 2 is 1.95 bits per heavy atom. The van der Waals surface area contributed by atoms with Crippen LogP contribution < -0.4 is 5.43 Å². The standard InChI is InChI=1S/C17H19N3OS/c1-2-8-15(14-9-4-3-5-10-14)19-20-16(21)13-22-17-11-6-7-12-18-17/h3-7,9-12H,2,8,13H2,1H3,(H,20,21)/b19-15-. The van der Waals surface area contributed by atoms with Crippen molar-refractivity contribution in [2.45, 2.75) is 24.8 Å². The van der Waals surface area contributed by atoms with E-state index in [9.17, 15) is 4.79 Å². The number of benzene rings is 1. The molecule has 0 unspecified atom stereocenters. The van der Waals surface area contributed by atoms with Gasteiger partial charge < -0.3 is 0 Å². The number of nitrogens with zero attached hydrogens (tertiary/aromatic N) is 2. The number of rotatable bonds is 7. The van der Waals surface area contributed by atoms with E-state index in [1.807, 2.05) is 48.5 Å². The van der Waals surface area contributed by atoms with Gasteiger partial charge in [0.25, 0.3) is 0 Å². The molecule has 0 radical (unpaired) electrons. The smallest absolute Gasteiger partial charge is 0.250 e. The van der Waals surface area contributed by atoms with Gasteiger partial charge in [-0.25, -0.2) is 10.4 Å². The van der Waals surface area contributed by atoms with Gasteiger partial charge in [0.15, 0.2) is 0 Å². The number of nitrogens with one attached hydrogen (secondary N) is 1. The Kier molecular flexibility index (Phi) is 6.64. The van der Waals surface area contributed by atoms with Crippen molar-refractivity contribution in [3.63, 3.8) is 0 Å². The molecule has 0 spiro atoms. The van der Waals surface area contributed by atoms with Crippen molar-refractivity contribution in [1.29, 1.82) is 0 Å². The number of pyridine rings is 1. The summed E-state index contributed by atoms with van der Waals surface area (Å²) < 4.78 is 0. The summed E-state index contributed by atoms with van der Waals surface area (Å²) in [5.41, 5.74) is 4.58. The van der Waals surface area contributed by atoms with E-state index in [4.69, 9.17) is 0 Å². The average Bonchev–Trinajstić information content (AvgIpc) is 2.58. The monoisotopic (exact) mass is 313 g/mol. The van der Waals surface area contributed by atoms with Crippen LogP contribution in [0.1, 0.15) is 25.3 Å². The molecule has 0 fully saturated rings. The van der Waals surface area contributed by atoms with E-state index >= 15 is 0 Å². The summed E-state index contributed by atoms with van der Waals surface area (Å²) in [7, 11) is 0. The highest BCUT2D eigenvalue weighted by Crippen LogP contribution is 2.13. The number of hydrogen-bond acceptors (Lipinski definition) is 4. The fourth-order valence-corrected chi connectivity index (χ4v) is 2.52. The number of carbonyl (C=O) groups is 1. The normalized spacial score (nSPS) is 11.2. The fraction of sp³-hybridized carbons (Fsp3) is 0.235. The number of hydrogen-bond donors (Lipinski definition) is 1. The van der Waals surface area contributed by atoms with Crippen LogP contribution in [-0.4, -0.2) is 22.4 Å². The van der Waals surface area contributed by atoms with Crippen molar-refractivity contribution in [3.8, 4) is 0 Å². The summed E-state index contributed by atoms with van der Waals surface area (Å²) >= 11 is 1.40. The zero-order valence-corrected chi connectivity index (χ0v) is 13.3. The second-order valence-corrected chi connectivity index (χ2v) is 5.66. The minimum absolute atomic E-state index is 0.125. The van der Waals surface area contributed by atoms with Crippen molar-refractivity contribution in [2.75, 3.05) is 5.75 Å². The highest BCUT2D eigenvalue weighted by atomic mass is 32.2. The Labute approximate surface area is 135 Å². The Morgan fingerprint density at radius 1 is 1.18 bits per heavy atom. The number of hydrazone groups is 1. The molecule has 2 aromatic rings. The molecule has 0 saturated carbocycles. The maximum absolute atomic E-state index is 11.9. The quantitative estimate of drug-likeness (QED) is 0.483. The average molecular weight is 313 g/mol. The van der Waals surface area contributed by atoms with Crippen LogP contribution in [0.2, 0.25) is 0 Å². The lowest BCUT2D eigenvalue weighted by molar-refractivity contribution is -0.118. The minimum atomic E-state index is -0.125. The second-order valence-electron chi connectivity index (χ2n) is 4.67. The highest BCUT2D eigenvalue weighted by molar-refractivity contribution is 7.99. The first kappa shape index (κ1) is 16.2. The largest absolute Gasteiger partial charge is 0.272 e. The van der Waals surface area contributed by atoms with Gasteiger partial charge in [0.05, 0.1) is 16.5 Å². The molecule has 0 bridgehead atoms. The predicted molar refractivity (Wildman–Crippen MR) is 91.0 cm³/mol. The minimum Gasteiger partial charge on any atom is -0.272 e. The number of amides is 1. The molecule has 1 heterocycles. The number of thioether (sulfide) groups is 1. The summed E-state index contributed by atoms with van der Waals surface area (Å²) in [5.74, 6) is 0.175. The lowest BCUT2D eigenvalue weighted by Crippen LogP contribution is -2.22. The van der Waals surface area contributed by atoms with Gasteiger partial charge in [-0.2, -0.15) is 5.10 Å². The fourth-order valence-electron chi connectivity index (χ4n) is 1.87. The summed E-state index contributed by atoms with van der Waals surface area (Å²) in [6, 6.07) is 15.6. The van der Waals surface area contributed by atoms with Crippen molar-refractivity contribution < 1.29 is 4.79 Å². The van der Waals surface area contributed by atoms with E-state index in [1.165, 1.54) is 11.8 Å². The van der Waals surface area contributed by atoms with Crippen LogP contribution in [-0.2, 0) is 4.79 Å². The lowest BCUT2D eigenvalue weighted by atomic mass is 10.1. The van der Waals surface area contributed by atoms with Crippen molar-refractivity contribution in [2.24, 2.45) is 5.10 Å². The molecular weight excluding hydrogens is 294 g/mol. The van der Waals surface area contributed by atoms with Gasteiger partial charge in [-0.05, 0) is 24.1 Å². The van der Waals surface area contributed by atoms with Crippen LogP contribution in [0.25, 0.3) is 0 Å². The SMILES string of the molecule is CCC/C(=N/NC(=O)CSc1ccccn1)c1ccccc1. The van der Waals surface area contributed by atoms with E-state index in [-0.39, 0.29) is 5.91 Å². The molecule has 1 aromatic carbocycles. The molecule has 5 heteroatoms. The van der Waals surface area contributed by atoms with Gasteiger partial charge in [0.2, 0.25) is 5.91 Å². The number of carbonyl (C=O) groups excluding carboxylic acids is 1. The van der Waals surface area contributed by atoms with E-state index in [0.717, 1.165) is 29.1 Å². The highest BCUT2D eigenvalue weighted by Gasteiger charge is 2.05. The second kappa shape index (κ2) is 9.00. The molecule has 4 nitrogen and oxygen atoms in total. The Morgan fingerprint density at radius 3 is 2.64 bits per heavy atom. The molecule has 0 aliphatic carbocycles. The van der Waals surface area contributed by atoms with Crippen LogP contribution in [0.5, 0.6) is 0 Å². The van der Waals surface area contributed by atoms with Crippen molar-refractivity contribution >= 4 is 23.4 Å². The Balaban J connectivity index is 1.91.